The van der Waals surface area contributed by atoms with Gasteiger partial charge in [-0.15, -0.1) is 23.1 Å². The van der Waals surface area contributed by atoms with Crippen molar-refractivity contribution in [3.05, 3.63) is 57.3 Å². The van der Waals surface area contributed by atoms with Crippen LogP contribution in [0.1, 0.15) is 22.8 Å². The van der Waals surface area contributed by atoms with E-state index < -0.39 is 23.2 Å². The van der Waals surface area contributed by atoms with Crippen LogP contribution in [0.25, 0.3) is 4.96 Å². The maximum absolute atomic E-state index is 12.8. The largest absolute Gasteiger partial charge is 0.416 e. The van der Waals surface area contributed by atoms with Crippen LogP contribution < -0.4 is 10.9 Å². The van der Waals surface area contributed by atoms with Gasteiger partial charge in [0, 0.05) is 17.3 Å². The Morgan fingerprint density at radius 1 is 1.38 bits per heavy atom. The number of anilines is 1. The fraction of sp³-hybridized carbons (Fsp3) is 0.188. The Kier molecular flexibility index (Phi) is 5.05. The molecule has 0 radical (unpaired) electrons. The molecule has 0 aliphatic heterocycles. The Hall–Kier alpha value is -2.33. The zero-order valence-electron chi connectivity index (χ0n) is 13.3. The van der Waals surface area contributed by atoms with E-state index in [1.807, 2.05) is 6.92 Å². The number of hydrogen-bond acceptors (Lipinski definition) is 5. The average molecular weight is 399 g/mol. The molecule has 0 bridgehead atoms. The summed E-state index contributed by atoms with van der Waals surface area (Å²) in [5.41, 5.74) is -1.68. The third-order valence-electron chi connectivity index (χ3n) is 3.39. The van der Waals surface area contributed by atoms with Gasteiger partial charge in [0.2, 0.25) is 0 Å². The lowest BCUT2D eigenvalue weighted by atomic mass is 10.2. The molecule has 1 amide bonds. The molecule has 2 heterocycles. The number of carbonyl (C=O) groups is 1. The molecule has 1 N–H and O–H groups in total. The quantitative estimate of drug-likeness (QED) is 0.529. The highest BCUT2D eigenvalue weighted by Crippen LogP contribution is 2.31. The summed E-state index contributed by atoms with van der Waals surface area (Å²) in [5.74, 6) is -0.212. The second-order valence-electron chi connectivity index (χ2n) is 5.12. The van der Waals surface area contributed by atoms with E-state index in [0.29, 0.717) is 10.7 Å². The second-order valence-corrected chi connectivity index (χ2v) is 7.24. The van der Waals surface area contributed by atoms with Gasteiger partial charge in [0.15, 0.2) is 4.96 Å². The predicted octanol–water partition coefficient (Wildman–Crippen LogP) is 4.14. The molecule has 3 rings (SSSR count). The van der Waals surface area contributed by atoms with Crippen molar-refractivity contribution >= 4 is 39.7 Å². The third-order valence-corrected chi connectivity index (χ3v) is 5.00. The monoisotopic (exact) mass is 399 g/mol. The number of thioether (sulfide) groups is 1. The predicted molar refractivity (Wildman–Crippen MR) is 95.1 cm³/mol. The summed E-state index contributed by atoms with van der Waals surface area (Å²) < 4.78 is 39.7. The van der Waals surface area contributed by atoms with Crippen LogP contribution in [0.5, 0.6) is 0 Å². The summed E-state index contributed by atoms with van der Waals surface area (Å²) in [6, 6.07) is 4.24. The van der Waals surface area contributed by atoms with Crippen LogP contribution >= 0.6 is 23.1 Å². The Bertz CT molecular complexity index is 1030. The van der Waals surface area contributed by atoms with E-state index >= 15 is 0 Å². The van der Waals surface area contributed by atoms with Gasteiger partial charge in [0.1, 0.15) is 10.6 Å². The first-order valence-corrected chi connectivity index (χ1v) is 9.29. The highest BCUT2D eigenvalue weighted by Gasteiger charge is 2.30. The van der Waals surface area contributed by atoms with Gasteiger partial charge in [0.05, 0.1) is 5.56 Å². The molecular formula is C16H12F3N3O2S2. The lowest BCUT2D eigenvalue weighted by Crippen LogP contribution is -2.27. The number of amides is 1. The number of halogens is 3. The number of fused-ring (bicyclic) bond motifs is 1. The molecule has 0 saturated carbocycles. The second kappa shape index (κ2) is 7.12. The molecule has 5 nitrogen and oxygen atoms in total. The van der Waals surface area contributed by atoms with Crippen LogP contribution in [-0.4, -0.2) is 21.0 Å². The van der Waals surface area contributed by atoms with Crippen LogP contribution in [0.4, 0.5) is 18.9 Å². The SMILES string of the molecule is CCSc1nc2sccn2c(=O)c1C(=O)Nc1cccc(C(F)(F)F)c1. The van der Waals surface area contributed by atoms with Gasteiger partial charge in [-0.2, -0.15) is 13.2 Å². The number of nitrogens with one attached hydrogen (secondary N) is 1. The van der Waals surface area contributed by atoms with Gasteiger partial charge in [-0.1, -0.05) is 13.0 Å². The average Bonchev–Trinajstić information content (AvgIpc) is 3.03. The maximum atomic E-state index is 12.8. The Morgan fingerprint density at radius 2 is 2.15 bits per heavy atom. The van der Waals surface area contributed by atoms with Crippen molar-refractivity contribution in [2.75, 3.05) is 11.1 Å². The summed E-state index contributed by atoms with van der Waals surface area (Å²) in [7, 11) is 0. The normalized spacial score (nSPS) is 11.7. The summed E-state index contributed by atoms with van der Waals surface area (Å²) in [5, 5.41) is 4.28. The summed E-state index contributed by atoms with van der Waals surface area (Å²) in [4.78, 5) is 30.0. The molecule has 0 fully saturated rings. The van der Waals surface area contributed by atoms with Gasteiger partial charge in [-0.3, -0.25) is 14.0 Å². The molecule has 0 unspecified atom stereocenters. The van der Waals surface area contributed by atoms with Crippen LogP contribution in [0.15, 0.2) is 45.7 Å². The number of benzene rings is 1. The Morgan fingerprint density at radius 3 is 2.85 bits per heavy atom. The minimum Gasteiger partial charge on any atom is -0.322 e. The fourth-order valence-corrected chi connectivity index (χ4v) is 3.78. The fourth-order valence-electron chi connectivity index (χ4n) is 2.26. The Balaban J connectivity index is 2.01. The van der Waals surface area contributed by atoms with Gasteiger partial charge in [-0.25, -0.2) is 4.98 Å². The lowest BCUT2D eigenvalue weighted by molar-refractivity contribution is -0.137. The minimum absolute atomic E-state index is 0.0490. The first-order valence-electron chi connectivity index (χ1n) is 7.42. The van der Waals surface area contributed by atoms with Gasteiger partial charge in [-0.05, 0) is 24.0 Å². The van der Waals surface area contributed by atoms with Gasteiger partial charge in [0.25, 0.3) is 11.5 Å². The minimum atomic E-state index is -4.53. The number of nitrogens with zero attached hydrogens (tertiary/aromatic N) is 2. The van der Waals surface area contributed by atoms with Crippen LogP contribution in [0.2, 0.25) is 0 Å². The van der Waals surface area contributed by atoms with E-state index in [1.54, 1.807) is 5.38 Å². The van der Waals surface area contributed by atoms with Crippen molar-refractivity contribution in [2.45, 2.75) is 18.1 Å². The zero-order valence-corrected chi connectivity index (χ0v) is 15.0. The molecule has 0 aliphatic carbocycles. The van der Waals surface area contributed by atoms with Crippen LogP contribution in [-0.2, 0) is 6.18 Å². The first-order chi connectivity index (χ1) is 12.3. The Labute approximate surface area is 153 Å². The van der Waals surface area contributed by atoms with E-state index in [-0.39, 0.29) is 16.3 Å². The number of hydrogen-bond donors (Lipinski definition) is 1. The molecule has 0 saturated heterocycles. The molecule has 26 heavy (non-hydrogen) atoms. The van der Waals surface area contributed by atoms with Crippen molar-refractivity contribution in [1.82, 2.24) is 9.38 Å². The number of aromatic nitrogens is 2. The van der Waals surface area contributed by atoms with Crippen molar-refractivity contribution < 1.29 is 18.0 Å². The van der Waals surface area contributed by atoms with Crippen molar-refractivity contribution in [3.8, 4) is 0 Å². The highest BCUT2D eigenvalue weighted by atomic mass is 32.2. The summed E-state index contributed by atoms with van der Waals surface area (Å²) in [6.07, 6.45) is -3.03. The molecule has 0 spiro atoms. The number of carbonyl (C=O) groups excluding carboxylic acids is 1. The number of alkyl halides is 3. The van der Waals surface area contributed by atoms with Crippen molar-refractivity contribution in [2.24, 2.45) is 0 Å². The summed E-state index contributed by atoms with van der Waals surface area (Å²) >= 11 is 2.47. The van der Waals surface area contributed by atoms with Crippen molar-refractivity contribution in [1.29, 1.82) is 0 Å². The van der Waals surface area contributed by atoms with Crippen molar-refractivity contribution in [3.63, 3.8) is 0 Å². The molecule has 10 heteroatoms. The van der Waals surface area contributed by atoms with E-state index in [0.717, 1.165) is 12.1 Å². The lowest BCUT2D eigenvalue weighted by Gasteiger charge is -2.11. The molecule has 2 aromatic heterocycles. The maximum Gasteiger partial charge on any atom is 0.416 e. The van der Waals surface area contributed by atoms with E-state index in [4.69, 9.17) is 0 Å². The highest BCUT2D eigenvalue weighted by molar-refractivity contribution is 7.99. The molecule has 0 aliphatic rings. The smallest absolute Gasteiger partial charge is 0.322 e. The zero-order chi connectivity index (χ0) is 18.9. The molecular weight excluding hydrogens is 387 g/mol. The van der Waals surface area contributed by atoms with Crippen LogP contribution in [0, 0.1) is 0 Å². The van der Waals surface area contributed by atoms with E-state index in [2.05, 4.69) is 10.3 Å². The number of rotatable bonds is 4. The molecule has 0 atom stereocenters. The summed E-state index contributed by atoms with van der Waals surface area (Å²) in [6.45, 7) is 1.84. The van der Waals surface area contributed by atoms with E-state index in [9.17, 15) is 22.8 Å². The molecule has 136 valence electrons. The van der Waals surface area contributed by atoms with Gasteiger partial charge >= 0.3 is 6.18 Å². The van der Waals surface area contributed by atoms with Crippen LogP contribution in [0.3, 0.4) is 0 Å². The topological polar surface area (TPSA) is 63.5 Å². The van der Waals surface area contributed by atoms with E-state index in [1.165, 1.54) is 45.8 Å². The standard InChI is InChI=1S/C16H12F3N3O2S2/c1-2-25-13-11(14(24)22-6-7-26-15(22)21-13)12(23)20-10-5-3-4-9(8-10)16(17,18)19/h3-8H,2H2,1H3,(H,20,23). The molecule has 3 aromatic rings. The number of thiazole rings is 1. The molecule has 1 aromatic carbocycles. The third kappa shape index (κ3) is 3.61. The first kappa shape index (κ1) is 18.5. The van der Waals surface area contributed by atoms with Gasteiger partial charge < -0.3 is 5.32 Å².